The summed E-state index contributed by atoms with van der Waals surface area (Å²) in [6, 6.07) is 14.2. The van der Waals surface area contributed by atoms with Crippen LogP contribution >= 0.6 is 0 Å². The van der Waals surface area contributed by atoms with E-state index in [1.165, 1.54) is 17.5 Å². The number of amides is 1. The molecule has 0 radical (unpaired) electrons. The minimum atomic E-state index is -3.74. The summed E-state index contributed by atoms with van der Waals surface area (Å²) in [5, 5.41) is 0. The van der Waals surface area contributed by atoms with Crippen molar-refractivity contribution in [1.82, 2.24) is 9.21 Å². The lowest BCUT2D eigenvalue weighted by atomic mass is 10.1. The molecule has 7 heteroatoms. The third-order valence-electron chi connectivity index (χ3n) is 5.78. The van der Waals surface area contributed by atoms with Gasteiger partial charge in [-0.3, -0.25) is 4.79 Å². The van der Waals surface area contributed by atoms with Crippen LogP contribution in [0.25, 0.3) is 0 Å². The average Bonchev–Trinajstić information content (AvgIpc) is 3.08. The standard InChI is InChI=1S/C23H30N2O4S/c1-18(19-11-7-6-8-12-19)24(2)23(26)20-13-14-21(29-3)22(17-20)30(27,28)25-15-9-4-5-10-16-25/h6-8,11-14,17-18H,4-5,9-10,15-16H2,1-3H3. The van der Waals surface area contributed by atoms with Crippen molar-refractivity contribution in [1.29, 1.82) is 0 Å². The van der Waals surface area contributed by atoms with Crippen molar-refractivity contribution in [2.45, 2.75) is 43.5 Å². The Balaban J connectivity index is 1.92. The molecule has 1 fully saturated rings. The van der Waals surface area contributed by atoms with Crippen LogP contribution in [0.2, 0.25) is 0 Å². The van der Waals surface area contributed by atoms with Crippen molar-refractivity contribution < 1.29 is 17.9 Å². The molecule has 0 aromatic heterocycles. The van der Waals surface area contributed by atoms with E-state index in [0.29, 0.717) is 18.7 Å². The molecule has 1 unspecified atom stereocenters. The molecule has 1 atom stereocenters. The lowest BCUT2D eigenvalue weighted by Crippen LogP contribution is -2.33. The SMILES string of the molecule is COc1ccc(C(=O)N(C)C(C)c2ccccc2)cc1S(=O)(=O)N1CCCCCC1. The molecular formula is C23H30N2O4S. The van der Waals surface area contributed by atoms with Gasteiger partial charge in [0.25, 0.3) is 5.91 Å². The molecule has 2 aromatic rings. The van der Waals surface area contributed by atoms with Crippen LogP contribution in [0.5, 0.6) is 5.75 Å². The Hall–Kier alpha value is -2.38. The highest BCUT2D eigenvalue weighted by molar-refractivity contribution is 7.89. The second-order valence-corrected chi connectivity index (χ2v) is 9.59. The topological polar surface area (TPSA) is 66.9 Å². The maximum atomic E-state index is 13.3. The Kier molecular flexibility index (Phi) is 7.15. The molecule has 0 N–H and O–H groups in total. The number of sulfonamides is 1. The smallest absolute Gasteiger partial charge is 0.254 e. The van der Waals surface area contributed by atoms with Crippen LogP contribution in [0.3, 0.4) is 0 Å². The van der Waals surface area contributed by atoms with Crippen LogP contribution in [0, 0.1) is 0 Å². The summed E-state index contributed by atoms with van der Waals surface area (Å²) in [5.41, 5.74) is 1.34. The van der Waals surface area contributed by atoms with Crippen molar-refractivity contribution in [3.63, 3.8) is 0 Å². The summed E-state index contributed by atoms with van der Waals surface area (Å²) in [7, 11) is -0.569. The first-order chi connectivity index (χ1) is 14.4. The Morgan fingerprint density at radius 1 is 1.03 bits per heavy atom. The fourth-order valence-electron chi connectivity index (χ4n) is 3.77. The first-order valence-electron chi connectivity index (χ1n) is 10.4. The Morgan fingerprint density at radius 2 is 1.67 bits per heavy atom. The maximum absolute atomic E-state index is 13.3. The number of rotatable bonds is 6. The lowest BCUT2D eigenvalue weighted by Gasteiger charge is -2.26. The fraction of sp³-hybridized carbons (Fsp3) is 0.435. The van der Waals surface area contributed by atoms with Crippen molar-refractivity contribution in [2.24, 2.45) is 0 Å². The number of hydrogen-bond acceptors (Lipinski definition) is 4. The van der Waals surface area contributed by atoms with Gasteiger partial charge in [-0.05, 0) is 43.5 Å². The number of carbonyl (C=O) groups is 1. The maximum Gasteiger partial charge on any atom is 0.254 e. The predicted octanol–water partition coefficient (Wildman–Crippen LogP) is 4.09. The number of carbonyl (C=O) groups excluding carboxylic acids is 1. The molecule has 0 bridgehead atoms. The molecule has 6 nitrogen and oxygen atoms in total. The minimum absolute atomic E-state index is 0.0542. The van der Waals surface area contributed by atoms with E-state index in [4.69, 9.17) is 4.74 Å². The van der Waals surface area contributed by atoms with Gasteiger partial charge in [-0.2, -0.15) is 4.31 Å². The summed E-state index contributed by atoms with van der Waals surface area (Å²) in [5.74, 6) is 0.0240. The zero-order valence-corrected chi connectivity index (χ0v) is 18.7. The van der Waals surface area contributed by atoms with E-state index < -0.39 is 10.0 Å². The van der Waals surface area contributed by atoms with E-state index >= 15 is 0 Å². The van der Waals surface area contributed by atoms with Gasteiger partial charge in [-0.1, -0.05) is 43.2 Å². The minimum Gasteiger partial charge on any atom is -0.495 e. The summed E-state index contributed by atoms with van der Waals surface area (Å²) < 4.78 is 33.5. The molecule has 162 valence electrons. The van der Waals surface area contributed by atoms with Crippen LogP contribution in [0.4, 0.5) is 0 Å². The number of benzene rings is 2. The largest absolute Gasteiger partial charge is 0.495 e. The van der Waals surface area contributed by atoms with Crippen LogP contribution < -0.4 is 4.74 Å². The molecule has 0 spiro atoms. The molecule has 2 aromatic carbocycles. The van der Waals surface area contributed by atoms with Crippen molar-refractivity contribution in [3.8, 4) is 5.75 Å². The first-order valence-corrected chi connectivity index (χ1v) is 11.8. The number of ether oxygens (including phenoxy) is 1. The van der Waals surface area contributed by atoms with Crippen LogP contribution in [0.1, 0.15) is 54.6 Å². The van der Waals surface area contributed by atoms with E-state index in [1.54, 1.807) is 24.1 Å². The van der Waals surface area contributed by atoms with E-state index in [-0.39, 0.29) is 22.6 Å². The summed E-state index contributed by atoms with van der Waals surface area (Å²) in [6.07, 6.45) is 3.75. The van der Waals surface area contributed by atoms with E-state index in [0.717, 1.165) is 31.2 Å². The number of nitrogens with zero attached hydrogens (tertiary/aromatic N) is 2. The normalized spacial score (nSPS) is 16.5. The van der Waals surface area contributed by atoms with Crippen LogP contribution in [0.15, 0.2) is 53.4 Å². The fourth-order valence-corrected chi connectivity index (χ4v) is 5.47. The zero-order chi connectivity index (χ0) is 21.7. The van der Waals surface area contributed by atoms with Gasteiger partial charge in [0, 0.05) is 25.7 Å². The molecule has 0 saturated carbocycles. The van der Waals surface area contributed by atoms with Crippen molar-refractivity contribution >= 4 is 15.9 Å². The predicted molar refractivity (Wildman–Crippen MR) is 117 cm³/mol. The lowest BCUT2D eigenvalue weighted by molar-refractivity contribution is 0.0742. The van der Waals surface area contributed by atoms with E-state index in [2.05, 4.69) is 0 Å². The molecule has 1 saturated heterocycles. The molecule has 1 aliphatic rings. The molecule has 1 heterocycles. The number of hydrogen-bond donors (Lipinski definition) is 0. The van der Waals surface area contributed by atoms with Gasteiger partial charge >= 0.3 is 0 Å². The second-order valence-electron chi connectivity index (χ2n) is 7.69. The highest BCUT2D eigenvalue weighted by Crippen LogP contribution is 2.30. The molecule has 3 rings (SSSR count). The molecule has 0 aliphatic carbocycles. The van der Waals surface area contributed by atoms with Crippen molar-refractivity contribution in [3.05, 3.63) is 59.7 Å². The van der Waals surface area contributed by atoms with E-state index in [9.17, 15) is 13.2 Å². The van der Waals surface area contributed by atoms with Gasteiger partial charge in [0.05, 0.1) is 13.2 Å². The molecule has 1 amide bonds. The molecule has 30 heavy (non-hydrogen) atoms. The van der Waals surface area contributed by atoms with Gasteiger partial charge in [-0.15, -0.1) is 0 Å². The average molecular weight is 431 g/mol. The molecular weight excluding hydrogens is 400 g/mol. The van der Waals surface area contributed by atoms with Gasteiger partial charge in [-0.25, -0.2) is 8.42 Å². The second kappa shape index (κ2) is 9.62. The quantitative estimate of drug-likeness (QED) is 0.692. The van der Waals surface area contributed by atoms with Gasteiger partial charge in [0.1, 0.15) is 10.6 Å². The summed E-state index contributed by atoms with van der Waals surface area (Å²) in [6.45, 7) is 2.94. The van der Waals surface area contributed by atoms with Gasteiger partial charge < -0.3 is 9.64 Å². The number of methoxy groups -OCH3 is 1. The summed E-state index contributed by atoms with van der Waals surface area (Å²) in [4.78, 5) is 14.8. The third-order valence-corrected chi connectivity index (χ3v) is 7.70. The van der Waals surface area contributed by atoms with Crippen molar-refractivity contribution in [2.75, 3.05) is 27.2 Å². The monoisotopic (exact) mass is 430 g/mol. The highest BCUT2D eigenvalue weighted by atomic mass is 32.2. The van der Waals surface area contributed by atoms with Gasteiger partial charge in [0.2, 0.25) is 10.0 Å². The Bertz CT molecular complexity index is 968. The highest BCUT2D eigenvalue weighted by Gasteiger charge is 2.30. The zero-order valence-electron chi connectivity index (χ0n) is 17.9. The summed E-state index contributed by atoms with van der Waals surface area (Å²) >= 11 is 0. The Morgan fingerprint density at radius 3 is 2.27 bits per heavy atom. The Labute approximate surface area is 179 Å². The van der Waals surface area contributed by atoms with Crippen LogP contribution in [-0.2, 0) is 10.0 Å². The van der Waals surface area contributed by atoms with Gasteiger partial charge in [0.15, 0.2) is 0 Å². The third kappa shape index (κ3) is 4.68. The van der Waals surface area contributed by atoms with Crippen LogP contribution in [-0.4, -0.2) is 50.8 Å². The first kappa shape index (κ1) is 22.3. The van der Waals surface area contributed by atoms with E-state index in [1.807, 2.05) is 37.3 Å². The molecule has 1 aliphatic heterocycles.